The van der Waals surface area contributed by atoms with Crippen molar-refractivity contribution >= 4 is 5.91 Å². The summed E-state index contributed by atoms with van der Waals surface area (Å²) in [5.41, 5.74) is 0.0271. The zero-order chi connectivity index (χ0) is 19.1. The van der Waals surface area contributed by atoms with Gasteiger partial charge in [0.25, 0.3) is 0 Å². The second kappa shape index (κ2) is 6.93. The van der Waals surface area contributed by atoms with Gasteiger partial charge < -0.3 is 19.9 Å². The van der Waals surface area contributed by atoms with Gasteiger partial charge in [-0.3, -0.25) is 9.69 Å². The molecule has 0 bridgehead atoms. The van der Waals surface area contributed by atoms with Gasteiger partial charge in [-0.1, -0.05) is 30.3 Å². The highest BCUT2D eigenvalue weighted by atomic mass is 16.6. The molecule has 0 aliphatic carbocycles. The molecular weight excluding hydrogens is 332 g/mol. The van der Waals surface area contributed by atoms with Gasteiger partial charge in [0.15, 0.2) is 0 Å². The summed E-state index contributed by atoms with van der Waals surface area (Å²) >= 11 is 0. The van der Waals surface area contributed by atoms with Gasteiger partial charge in [-0.15, -0.1) is 0 Å². The lowest BCUT2D eigenvalue weighted by Gasteiger charge is -2.57. The number of nitrogens with zero attached hydrogens (tertiary/aromatic N) is 1. The summed E-state index contributed by atoms with van der Waals surface area (Å²) in [6.45, 7) is 9.01. The molecule has 1 amide bonds. The van der Waals surface area contributed by atoms with Gasteiger partial charge in [0.1, 0.15) is 18.2 Å². The molecule has 0 spiro atoms. The van der Waals surface area contributed by atoms with Crippen LogP contribution in [0.1, 0.15) is 33.3 Å². The van der Waals surface area contributed by atoms with Crippen LogP contribution in [0.5, 0.6) is 0 Å². The maximum absolute atomic E-state index is 12.5. The smallest absolute Gasteiger partial charge is 0.239 e. The first-order valence-corrected chi connectivity index (χ1v) is 9.19. The minimum atomic E-state index is -0.965. The number of likely N-dealkylation sites (tertiary alicyclic amines) is 1. The molecule has 0 saturated carbocycles. The van der Waals surface area contributed by atoms with E-state index in [0.29, 0.717) is 13.1 Å². The number of carbonyl (C=O) groups is 1. The van der Waals surface area contributed by atoms with Crippen molar-refractivity contribution in [2.24, 2.45) is 0 Å². The van der Waals surface area contributed by atoms with Gasteiger partial charge in [-0.05, 0) is 33.3 Å². The predicted molar refractivity (Wildman–Crippen MR) is 98.6 cm³/mol. The van der Waals surface area contributed by atoms with Crippen molar-refractivity contribution in [3.05, 3.63) is 35.9 Å². The molecule has 144 valence electrons. The molecule has 2 N–H and O–H groups in total. The number of aliphatic hydroxyl groups is 1. The second-order valence-corrected chi connectivity index (χ2v) is 8.22. The number of carbonyl (C=O) groups excluding carboxylic acids is 1. The first kappa shape index (κ1) is 19.3. The molecule has 26 heavy (non-hydrogen) atoms. The van der Waals surface area contributed by atoms with Gasteiger partial charge in [-0.2, -0.15) is 0 Å². The Kier molecular flexibility index (Phi) is 5.14. The van der Waals surface area contributed by atoms with Crippen LogP contribution in [0.25, 0.3) is 0 Å². The number of nitrogens with one attached hydrogen (secondary N) is 1. The number of hydrogen-bond donors (Lipinski definition) is 2. The molecule has 2 saturated heterocycles. The quantitative estimate of drug-likeness (QED) is 0.849. The fourth-order valence-corrected chi connectivity index (χ4v) is 3.77. The van der Waals surface area contributed by atoms with Crippen molar-refractivity contribution in [2.75, 3.05) is 13.6 Å². The maximum Gasteiger partial charge on any atom is 0.239 e. The first-order chi connectivity index (χ1) is 12.2. The van der Waals surface area contributed by atoms with Crippen molar-refractivity contribution in [1.82, 2.24) is 10.2 Å². The van der Waals surface area contributed by atoms with E-state index in [-0.39, 0.29) is 12.0 Å². The molecule has 4 atom stereocenters. The standard InChI is InChI=1S/C20H30N2O4/c1-19(2)20(3,4)26-17-14(25-19)12-22(11-13-9-7-6-8-10-13)15(16(17)23)18(24)21-5/h6-10,14-17,23H,11-12H2,1-5H3,(H,21,24)/t14-,15+,16+,17+/m1/s1. The van der Waals surface area contributed by atoms with Gasteiger partial charge in [0.05, 0.1) is 17.3 Å². The number of piperidine rings is 1. The number of hydrogen-bond acceptors (Lipinski definition) is 5. The molecule has 3 rings (SSSR count). The zero-order valence-electron chi connectivity index (χ0n) is 16.2. The van der Waals surface area contributed by atoms with Gasteiger partial charge in [-0.25, -0.2) is 0 Å². The Morgan fingerprint density at radius 1 is 1.19 bits per heavy atom. The number of likely N-dealkylation sites (N-methyl/N-ethyl adjacent to an activating group) is 1. The minimum Gasteiger partial charge on any atom is -0.388 e. The van der Waals surface area contributed by atoms with Crippen LogP contribution in [0, 0.1) is 0 Å². The molecule has 0 radical (unpaired) electrons. The third kappa shape index (κ3) is 3.39. The van der Waals surface area contributed by atoms with E-state index in [4.69, 9.17) is 9.47 Å². The summed E-state index contributed by atoms with van der Waals surface area (Å²) < 4.78 is 12.6. The van der Waals surface area contributed by atoms with Crippen molar-refractivity contribution in [2.45, 2.75) is 69.8 Å². The molecule has 2 heterocycles. The minimum absolute atomic E-state index is 0.210. The lowest BCUT2D eigenvalue weighted by molar-refractivity contribution is -0.326. The van der Waals surface area contributed by atoms with Crippen LogP contribution in [0.2, 0.25) is 0 Å². The Hall–Kier alpha value is -1.47. The summed E-state index contributed by atoms with van der Waals surface area (Å²) in [6, 6.07) is 9.26. The van der Waals surface area contributed by atoms with E-state index in [1.54, 1.807) is 7.05 Å². The lowest BCUT2D eigenvalue weighted by Crippen LogP contribution is -2.72. The first-order valence-electron chi connectivity index (χ1n) is 9.19. The number of ether oxygens (including phenoxy) is 2. The number of rotatable bonds is 3. The largest absolute Gasteiger partial charge is 0.388 e. The number of benzene rings is 1. The predicted octanol–water partition coefficient (Wildman–Crippen LogP) is 1.32. The molecule has 2 aliphatic heterocycles. The Balaban J connectivity index is 1.89. The second-order valence-electron chi connectivity index (χ2n) is 8.22. The highest BCUT2D eigenvalue weighted by Gasteiger charge is 2.56. The topological polar surface area (TPSA) is 71.0 Å². The van der Waals surface area contributed by atoms with Crippen LogP contribution in [0.15, 0.2) is 30.3 Å². The van der Waals surface area contributed by atoms with Gasteiger partial charge in [0.2, 0.25) is 5.91 Å². The third-order valence-corrected chi connectivity index (χ3v) is 5.90. The molecular formula is C20H30N2O4. The SMILES string of the molecule is CNC(=O)[C@@H]1[C@H](O)[C@H]2OC(C)(C)C(C)(C)O[C@@H]2CN1Cc1ccccc1. The number of fused-ring (bicyclic) bond motifs is 1. The molecule has 2 fully saturated rings. The summed E-state index contributed by atoms with van der Waals surface area (Å²) in [5, 5.41) is 13.7. The average Bonchev–Trinajstić information content (AvgIpc) is 2.57. The molecule has 6 nitrogen and oxygen atoms in total. The highest BCUT2D eigenvalue weighted by molar-refractivity contribution is 5.82. The monoisotopic (exact) mass is 362 g/mol. The van der Waals surface area contributed by atoms with E-state index < -0.39 is 29.5 Å². The van der Waals surface area contributed by atoms with E-state index in [9.17, 15) is 9.90 Å². The van der Waals surface area contributed by atoms with Crippen LogP contribution in [0.4, 0.5) is 0 Å². The Morgan fingerprint density at radius 2 is 1.81 bits per heavy atom. The lowest BCUT2D eigenvalue weighted by atomic mass is 9.83. The third-order valence-electron chi connectivity index (χ3n) is 5.90. The number of amides is 1. The van der Waals surface area contributed by atoms with Crippen molar-refractivity contribution in [3.63, 3.8) is 0 Å². The Labute approximate surface area is 155 Å². The van der Waals surface area contributed by atoms with Crippen LogP contribution in [-0.4, -0.2) is 65.1 Å². The van der Waals surface area contributed by atoms with Crippen molar-refractivity contribution in [1.29, 1.82) is 0 Å². The van der Waals surface area contributed by atoms with E-state index in [2.05, 4.69) is 5.32 Å². The van der Waals surface area contributed by atoms with E-state index in [1.807, 2.05) is 62.9 Å². The highest BCUT2D eigenvalue weighted by Crippen LogP contribution is 2.41. The summed E-state index contributed by atoms with van der Waals surface area (Å²) in [4.78, 5) is 14.5. The normalized spacial score (nSPS) is 33.3. The van der Waals surface area contributed by atoms with E-state index in [1.165, 1.54) is 0 Å². The van der Waals surface area contributed by atoms with Crippen LogP contribution < -0.4 is 5.32 Å². The average molecular weight is 362 g/mol. The summed E-state index contributed by atoms with van der Waals surface area (Å²) in [5.74, 6) is -0.210. The van der Waals surface area contributed by atoms with E-state index in [0.717, 1.165) is 5.56 Å². The van der Waals surface area contributed by atoms with Crippen molar-refractivity contribution < 1.29 is 19.4 Å². The summed E-state index contributed by atoms with van der Waals surface area (Å²) in [6.07, 6.45) is -1.79. The molecule has 6 heteroatoms. The van der Waals surface area contributed by atoms with E-state index >= 15 is 0 Å². The molecule has 0 aromatic heterocycles. The molecule has 0 unspecified atom stereocenters. The van der Waals surface area contributed by atoms with Gasteiger partial charge >= 0.3 is 0 Å². The molecule has 1 aromatic carbocycles. The van der Waals surface area contributed by atoms with Crippen LogP contribution >= 0.6 is 0 Å². The molecule has 1 aromatic rings. The Morgan fingerprint density at radius 3 is 2.42 bits per heavy atom. The van der Waals surface area contributed by atoms with Crippen LogP contribution in [-0.2, 0) is 20.8 Å². The fraction of sp³-hybridized carbons (Fsp3) is 0.650. The summed E-state index contributed by atoms with van der Waals surface area (Å²) in [7, 11) is 1.59. The van der Waals surface area contributed by atoms with Crippen LogP contribution in [0.3, 0.4) is 0 Å². The zero-order valence-corrected chi connectivity index (χ0v) is 16.2. The maximum atomic E-state index is 12.5. The number of aliphatic hydroxyl groups excluding tert-OH is 1. The van der Waals surface area contributed by atoms with Gasteiger partial charge in [0, 0.05) is 20.1 Å². The fourth-order valence-electron chi connectivity index (χ4n) is 3.77. The molecule has 2 aliphatic rings. The van der Waals surface area contributed by atoms with Crippen molar-refractivity contribution in [3.8, 4) is 0 Å². The Bertz CT molecular complexity index is 646.